The van der Waals surface area contributed by atoms with E-state index in [2.05, 4.69) is 27.8 Å². The first kappa shape index (κ1) is 19.4. The lowest BCUT2D eigenvalue weighted by atomic mass is 10.1. The number of benzene rings is 2. The van der Waals surface area contributed by atoms with Crippen LogP contribution < -0.4 is 0 Å². The molecule has 1 aliphatic rings. The second-order valence-corrected chi connectivity index (χ2v) is 7.19. The van der Waals surface area contributed by atoms with Gasteiger partial charge in [0.25, 0.3) is 0 Å². The molecule has 2 aromatic carbocycles. The fourth-order valence-corrected chi connectivity index (χ4v) is 3.89. The van der Waals surface area contributed by atoms with E-state index < -0.39 is 0 Å². The van der Waals surface area contributed by atoms with E-state index in [1.807, 2.05) is 30.3 Å². The third-order valence-electron chi connectivity index (χ3n) is 5.36. The van der Waals surface area contributed by atoms with E-state index in [0.717, 1.165) is 38.1 Å². The maximum Gasteiger partial charge on any atom is 0.123 e. The van der Waals surface area contributed by atoms with Crippen LogP contribution in [0.25, 0.3) is 10.9 Å². The van der Waals surface area contributed by atoms with Crippen molar-refractivity contribution in [2.75, 3.05) is 19.6 Å². The zero-order chi connectivity index (χ0) is 17.9. The molecular formula is C22H23ClFN3. The van der Waals surface area contributed by atoms with Gasteiger partial charge in [0.15, 0.2) is 0 Å². The molecule has 4 rings (SSSR count). The van der Waals surface area contributed by atoms with E-state index in [1.54, 1.807) is 0 Å². The van der Waals surface area contributed by atoms with Crippen LogP contribution in [-0.2, 0) is 13.0 Å². The van der Waals surface area contributed by atoms with E-state index >= 15 is 0 Å². The number of aromatic nitrogens is 1. The van der Waals surface area contributed by atoms with Crippen LogP contribution in [0.2, 0.25) is 0 Å². The van der Waals surface area contributed by atoms with Crippen LogP contribution in [0.1, 0.15) is 17.5 Å². The molecule has 3 aromatic rings. The highest BCUT2D eigenvalue weighted by atomic mass is 35.5. The first-order chi connectivity index (χ1) is 12.7. The van der Waals surface area contributed by atoms with E-state index in [9.17, 15) is 4.39 Å². The van der Waals surface area contributed by atoms with E-state index in [4.69, 9.17) is 5.26 Å². The summed E-state index contributed by atoms with van der Waals surface area (Å²) in [7, 11) is 0. The molecule has 3 nitrogen and oxygen atoms in total. The molecular weight excluding hydrogens is 361 g/mol. The largest absolute Gasteiger partial charge is 0.347 e. The van der Waals surface area contributed by atoms with Crippen LogP contribution in [0.4, 0.5) is 4.39 Å². The lowest BCUT2D eigenvalue weighted by Gasteiger charge is -2.17. The number of nitrogens with zero attached hydrogens (tertiary/aromatic N) is 3. The Morgan fingerprint density at radius 2 is 1.93 bits per heavy atom. The lowest BCUT2D eigenvalue weighted by Crippen LogP contribution is -2.24. The average molecular weight is 384 g/mol. The third-order valence-corrected chi connectivity index (χ3v) is 5.36. The van der Waals surface area contributed by atoms with Gasteiger partial charge in [0.2, 0.25) is 0 Å². The monoisotopic (exact) mass is 383 g/mol. The molecule has 0 bridgehead atoms. The summed E-state index contributed by atoms with van der Waals surface area (Å²) in [5, 5.41) is 10.3. The standard InChI is InChI=1S/C22H22FN3.ClH/c23-21-5-2-17(3-6-21)7-10-25-11-8-19(15-25)16-26-12-9-20-4-1-18(14-24)13-22(20)26;/h1-6,9,12-13,19H,7-8,10-11,15-16H2;1H. The van der Waals surface area contributed by atoms with Crippen molar-refractivity contribution in [3.05, 3.63) is 71.7 Å². The molecule has 0 radical (unpaired) electrons. The van der Waals surface area contributed by atoms with Gasteiger partial charge in [-0.3, -0.25) is 0 Å². The van der Waals surface area contributed by atoms with Crippen LogP contribution in [0.15, 0.2) is 54.7 Å². The summed E-state index contributed by atoms with van der Waals surface area (Å²) >= 11 is 0. The van der Waals surface area contributed by atoms with Crippen molar-refractivity contribution in [1.29, 1.82) is 5.26 Å². The van der Waals surface area contributed by atoms with Crippen LogP contribution in [0.5, 0.6) is 0 Å². The molecule has 140 valence electrons. The Morgan fingerprint density at radius 3 is 2.70 bits per heavy atom. The van der Waals surface area contributed by atoms with Crippen molar-refractivity contribution < 1.29 is 4.39 Å². The van der Waals surface area contributed by atoms with Crippen LogP contribution in [-0.4, -0.2) is 29.1 Å². The zero-order valence-corrected chi connectivity index (χ0v) is 16.0. The SMILES string of the molecule is Cl.N#Cc1ccc2ccn(CC3CCN(CCc4ccc(F)cc4)C3)c2c1. The van der Waals surface area contributed by atoms with Gasteiger partial charge < -0.3 is 9.47 Å². The molecule has 1 fully saturated rings. The number of likely N-dealkylation sites (tertiary alicyclic amines) is 1. The van der Waals surface area contributed by atoms with Gasteiger partial charge in [-0.1, -0.05) is 18.2 Å². The molecule has 0 saturated carbocycles. The highest BCUT2D eigenvalue weighted by Crippen LogP contribution is 2.23. The van der Waals surface area contributed by atoms with Crippen molar-refractivity contribution in [3.63, 3.8) is 0 Å². The molecule has 0 spiro atoms. The van der Waals surface area contributed by atoms with Gasteiger partial charge in [0.1, 0.15) is 5.82 Å². The van der Waals surface area contributed by atoms with Crippen molar-refractivity contribution >= 4 is 23.3 Å². The molecule has 2 heterocycles. The number of hydrogen-bond donors (Lipinski definition) is 0. The Kier molecular flexibility index (Phi) is 6.15. The number of rotatable bonds is 5. The summed E-state index contributed by atoms with van der Waals surface area (Å²) in [5.74, 6) is 0.457. The Morgan fingerprint density at radius 1 is 1.11 bits per heavy atom. The molecule has 1 aliphatic heterocycles. The second kappa shape index (κ2) is 8.56. The van der Waals surface area contributed by atoms with E-state index in [-0.39, 0.29) is 18.2 Å². The topological polar surface area (TPSA) is 32.0 Å². The average Bonchev–Trinajstić information content (AvgIpc) is 3.28. The molecule has 1 unspecified atom stereocenters. The second-order valence-electron chi connectivity index (χ2n) is 7.19. The van der Waals surface area contributed by atoms with Gasteiger partial charge in [-0.05, 0) is 66.6 Å². The highest BCUT2D eigenvalue weighted by Gasteiger charge is 2.22. The molecule has 5 heteroatoms. The van der Waals surface area contributed by atoms with Crippen molar-refractivity contribution in [2.45, 2.75) is 19.4 Å². The van der Waals surface area contributed by atoms with Crippen molar-refractivity contribution in [1.82, 2.24) is 9.47 Å². The summed E-state index contributed by atoms with van der Waals surface area (Å²) in [6.45, 7) is 4.23. The Labute approximate surface area is 165 Å². The number of hydrogen-bond acceptors (Lipinski definition) is 2. The quantitative estimate of drug-likeness (QED) is 0.642. The smallest absolute Gasteiger partial charge is 0.123 e. The summed E-state index contributed by atoms with van der Waals surface area (Å²) in [6.07, 6.45) is 4.29. The minimum atomic E-state index is -0.173. The minimum Gasteiger partial charge on any atom is -0.347 e. The van der Waals surface area contributed by atoms with Gasteiger partial charge >= 0.3 is 0 Å². The van der Waals surface area contributed by atoms with Crippen molar-refractivity contribution in [3.8, 4) is 6.07 Å². The number of nitriles is 1. The van der Waals surface area contributed by atoms with Gasteiger partial charge in [-0.25, -0.2) is 4.39 Å². The lowest BCUT2D eigenvalue weighted by molar-refractivity contribution is 0.321. The molecule has 27 heavy (non-hydrogen) atoms. The zero-order valence-electron chi connectivity index (χ0n) is 15.1. The molecule has 0 amide bonds. The van der Waals surface area contributed by atoms with Gasteiger partial charge in [-0.2, -0.15) is 5.26 Å². The summed E-state index contributed by atoms with van der Waals surface area (Å²) in [4.78, 5) is 2.50. The van der Waals surface area contributed by atoms with Gasteiger partial charge in [-0.15, -0.1) is 12.4 Å². The van der Waals surface area contributed by atoms with E-state index in [1.165, 1.54) is 29.5 Å². The Hall–Kier alpha value is -2.35. The van der Waals surface area contributed by atoms with Crippen LogP contribution in [0, 0.1) is 23.1 Å². The van der Waals surface area contributed by atoms with E-state index in [0.29, 0.717) is 11.5 Å². The summed E-state index contributed by atoms with van der Waals surface area (Å²) in [6, 6.07) is 17.1. The van der Waals surface area contributed by atoms with Crippen molar-refractivity contribution in [2.24, 2.45) is 5.92 Å². The highest BCUT2D eigenvalue weighted by molar-refractivity contribution is 5.85. The van der Waals surface area contributed by atoms with Gasteiger partial charge in [0, 0.05) is 31.3 Å². The van der Waals surface area contributed by atoms with Crippen LogP contribution >= 0.6 is 12.4 Å². The first-order valence-corrected chi connectivity index (χ1v) is 9.17. The van der Waals surface area contributed by atoms with Crippen LogP contribution in [0.3, 0.4) is 0 Å². The Balaban J connectivity index is 0.00000210. The normalized spacial score (nSPS) is 17.0. The third kappa shape index (κ3) is 4.50. The molecule has 1 aromatic heterocycles. The maximum atomic E-state index is 13.0. The first-order valence-electron chi connectivity index (χ1n) is 9.17. The fourth-order valence-electron chi connectivity index (χ4n) is 3.89. The molecule has 1 atom stereocenters. The molecule has 0 aliphatic carbocycles. The molecule has 0 N–H and O–H groups in total. The molecule has 1 saturated heterocycles. The minimum absolute atomic E-state index is 0. The summed E-state index contributed by atoms with van der Waals surface area (Å²) < 4.78 is 15.3. The Bertz CT molecular complexity index is 942. The number of halogens is 2. The number of fused-ring (bicyclic) bond motifs is 1. The predicted molar refractivity (Wildman–Crippen MR) is 109 cm³/mol. The maximum absolute atomic E-state index is 13.0. The fraction of sp³-hybridized carbons (Fsp3) is 0.318. The van der Waals surface area contributed by atoms with Gasteiger partial charge in [0.05, 0.1) is 11.6 Å². The summed E-state index contributed by atoms with van der Waals surface area (Å²) in [5.41, 5.74) is 3.05. The predicted octanol–water partition coefficient (Wildman–Crippen LogP) is 4.64.